The molecule has 2 rings (SSSR count). The highest BCUT2D eigenvalue weighted by Gasteiger charge is 2.13. The van der Waals surface area contributed by atoms with Crippen LogP contribution in [-0.4, -0.2) is 23.7 Å². The lowest BCUT2D eigenvalue weighted by atomic mass is 9.97. The van der Waals surface area contributed by atoms with Gasteiger partial charge in [0.1, 0.15) is 0 Å². The van der Waals surface area contributed by atoms with Crippen LogP contribution in [0.2, 0.25) is 0 Å². The largest absolute Gasteiger partial charge is 0.478 e. The van der Waals surface area contributed by atoms with Gasteiger partial charge in [0.15, 0.2) is 0 Å². The molecular formula is C18H18O4. The molecule has 0 aliphatic carbocycles. The minimum absolute atomic E-state index is 0.302. The molecule has 4 nitrogen and oxygen atoms in total. The maximum atomic E-state index is 11.9. The smallest absolute Gasteiger partial charge is 0.338 e. The van der Waals surface area contributed by atoms with Crippen molar-refractivity contribution in [3.8, 4) is 0 Å². The van der Waals surface area contributed by atoms with Crippen LogP contribution in [0.3, 0.4) is 0 Å². The topological polar surface area (TPSA) is 63.6 Å². The SMILES string of the molecule is CCOC(=O)c1ccccc1CCc1ccccc1C(=O)O. The predicted octanol–water partition coefficient (Wildman–Crippen LogP) is 3.35. The highest BCUT2D eigenvalue weighted by molar-refractivity contribution is 5.91. The number of benzene rings is 2. The minimum Gasteiger partial charge on any atom is -0.478 e. The number of rotatable bonds is 6. The number of hydrogen-bond acceptors (Lipinski definition) is 3. The summed E-state index contributed by atoms with van der Waals surface area (Å²) in [6.45, 7) is 2.10. The standard InChI is InChI=1S/C18H18O4/c1-2-22-18(21)16-10-6-4-8-14(16)12-11-13-7-3-5-9-15(13)17(19)20/h3-10H,2,11-12H2,1H3,(H,19,20). The second-order valence-electron chi connectivity index (χ2n) is 4.84. The van der Waals surface area contributed by atoms with Gasteiger partial charge in [-0.1, -0.05) is 36.4 Å². The molecule has 114 valence electrons. The van der Waals surface area contributed by atoms with Crippen molar-refractivity contribution in [3.63, 3.8) is 0 Å². The van der Waals surface area contributed by atoms with Crippen LogP contribution in [0.5, 0.6) is 0 Å². The third-order valence-corrected chi connectivity index (χ3v) is 3.42. The maximum Gasteiger partial charge on any atom is 0.338 e. The van der Waals surface area contributed by atoms with Crippen molar-refractivity contribution in [2.75, 3.05) is 6.61 Å². The number of esters is 1. The fourth-order valence-corrected chi connectivity index (χ4v) is 2.36. The molecule has 22 heavy (non-hydrogen) atoms. The first kappa shape index (κ1) is 15.8. The Morgan fingerprint density at radius 1 is 0.909 bits per heavy atom. The molecule has 2 aromatic carbocycles. The first-order valence-electron chi connectivity index (χ1n) is 7.19. The van der Waals surface area contributed by atoms with E-state index in [4.69, 9.17) is 4.74 Å². The molecule has 0 radical (unpaired) electrons. The van der Waals surface area contributed by atoms with Crippen LogP contribution < -0.4 is 0 Å². The van der Waals surface area contributed by atoms with Gasteiger partial charge in [-0.05, 0) is 43.0 Å². The summed E-state index contributed by atoms with van der Waals surface area (Å²) in [5.41, 5.74) is 2.46. The molecule has 2 aromatic rings. The van der Waals surface area contributed by atoms with Crippen LogP contribution in [0.1, 0.15) is 38.8 Å². The molecular weight excluding hydrogens is 280 g/mol. The summed E-state index contributed by atoms with van der Waals surface area (Å²) in [6, 6.07) is 14.2. The summed E-state index contributed by atoms with van der Waals surface area (Å²) in [6.07, 6.45) is 1.14. The molecule has 0 aromatic heterocycles. The van der Waals surface area contributed by atoms with E-state index in [9.17, 15) is 14.7 Å². The van der Waals surface area contributed by atoms with Crippen molar-refractivity contribution in [3.05, 3.63) is 70.8 Å². The molecule has 0 heterocycles. The Balaban J connectivity index is 2.19. The molecule has 0 atom stereocenters. The van der Waals surface area contributed by atoms with Gasteiger partial charge in [-0.25, -0.2) is 9.59 Å². The number of aryl methyl sites for hydroxylation is 2. The summed E-state index contributed by atoms with van der Waals surface area (Å²) >= 11 is 0. The number of carbonyl (C=O) groups is 2. The van der Waals surface area contributed by atoms with Gasteiger partial charge in [0, 0.05) is 0 Å². The highest BCUT2D eigenvalue weighted by atomic mass is 16.5. The normalized spacial score (nSPS) is 10.2. The quantitative estimate of drug-likeness (QED) is 0.831. The van der Waals surface area contributed by atoms with Crippen molar-refractivity contribution >= 4 is 11.9 Å². The third-order valence-electron chi connectivity index (χ3n) is 3.42. The van der Waals surface area contributed by atoms with Crippen LogP contribution in [0.15, 0.2) is 48.5 Å². The number of hydrogen-bond donors (Lipinski definition) is 1. The zero-order valence-corrected chi connectivity index (χ0v) is 12.4. The first-order valence-corrected chi connectivity index (χ1v) is 7.19. The molecule has 0 amide bonds. The monoisotopic (exact) mass is 298 g/mol. The lowest BCUT2D eigenvalue weighted by molar-refractivity contribution is 0.0524. The van der Waals surface area contributed by atoms with Crippen molar-refractivity contribution in [1.82, 2.24) is 0 Å². The van der Waals surface area contributed by atoms with Crippen LogP contribution >= 0.6 is 0 Å². The molecule has 0 bridgehead atoms. The molecule has 1 N–H and O–H groups in total. The van der Waals surface area contributed by atoms with Crippen LogP contribution in [0, 0.1) is 0 Å². The van der Waals surface area contributed by atoms with Crippen molar-refractivity contribution in [2.45, 2.75) is 19.8 Å². The van der Waals surface area contributed by atoms with Crippen LogP contribution in [-0.2, 0) is 17.6 Å². The number of carboxylic acid groups (broad SMARTS) is 1. The van der Waals surface area contributed by atoms with E-state index in [-0.39, 0.29) is 5.97 Å². The van der Waals surface area contributed by atoms with E-state index in [1.807, 2.05) is 18.2 Å². The van der Waals surface area contributed by atoms with Crippen LogP contribution in [0.25, 0.3) is 0 Å². The van der Waals surface area contributed by atoms with Crippen LogP contribution in [0.4, 0.5) is 0 Å². The Labute approximate surface area is 129 Å². The average Bonchev–Trinajstić information content (AvgIpc) is 2.53. The fourth-order valence-electron chi connectivity index (χ4n) is 2.36. The van der Waals surface area contributed by atoms with E-state index in [0.29, 0.717) is 30.6 Å². The summed E-state index contributed by atoms with van der Waals surface area (Å²) in [4.78, 5) is 23.2. The van der Waals surface area contributed by atoms with Gasteiger partial charge in [0.25, 0.3) is 0 Å². The number of carbonyl (C=O) groups excluding carboxylic acids is 1. The molecule has 0 aliphatic heterocycles. The minimum atomic E-state index is -0.936. The average molecular weight is 298 g/mol. The van der Waals surface area contributed by atoms with Gasteiger partial charge in [0.05, 0.1) is 17.7 Å². The van der Waals surface area contributed by atoms with E-state index in [1.165, 1.54) is 0 Å². The lowest BCUT2D eigenvalue weighted by Gasteiger charge is -2.10. The Morgan fingerprint density at radius 2 is 1.41 bits per heavy atom. The molecule has 0 saturated carbocycles. The first-order chi connectivity index (χ1) is 10.6. The van der Waals surface area contributed by atoms with Crippen molar-refractivity contribution < 1.29 is 19.4 Å². The van der Waals surface area contributed by atoms with Gasteiger partial charge >= 0.3 is 11.9 Å². The van der Waals surface area contributed by atoms with Gasteiger partial charge in [-0.3, -0.25) is 0 Å². The Morgan fingerprint density at radius 3 is 1.95 bits per heavy atom. The molecule has 0 unspecified atom stereocenters. The second-order valence-corrected chi connectivity index (χ2v) is 4.84. The number of ether oxygens (including phenoxy) is 1. The molecule has 0 saturated heterocycles. The highest BCUT2D eigenvalue weighted by Crippen LogP contribution is 2.16. The number of carboxylic acids is 1. The van der Waals surface area contributed by atoms with Crippen molar-refractivity contribution in [1.29, 1.82) is 0 Å². The zero-order chi connectivity index (χ0) is 15.9. The zero-order valence-electron chi connectivity index (χ0n) is 12.4. The second kappa shape index (κ2) is 7.41. The van der Waals surface area contributed by atoms with E-state index < -0.39 is 5.97 Å². The van der Waals surface area contributed by atoms with Gasteiger partial charge in [-0.15, -0.1) is 0 Å². The summed E-state index contributed by atoms with van der Waals surface area (Å²) in [5.74, 6) is -1.28. The Kier molecular flexibility index (Phi) is 5.31. The van der Waals surface area contributed by atoms with E-state index in [1.54, 1.807) is 37.3 Å². The summed E-state index contributed by atoms with van der Waals surface area (Å²) < 4.78 is 5.05. The summed E-state index contributed by atoms with van der Waals surface area (Å²) in [7, 11) is 0. The fraction of sp³-hybridized carbons (Fsp3) is 0.222. The molecule has 0 aliphatic rings. The van der Waals surface area contributed by atoms with Gasteiger partial charge in [0.2, 0.25) is 0 Å². The third kappa shape index (κ3) is 3.73. The predicted molar refractivity (Wildman–Crippen MR) is 83.2 cm³/mol. The van der Waals surface area contributed by atoms with Crippen molar-refractivity contribution in [2.24, 2.45) is 0 Å². The maximum absolute atomic E-state index is 11.9. The molecule has 4 heteroatoms. The number of aromatic carboxylic acids is 1. The lowest BCUT2D eigenvalue weighted by Crippen LogP contribution is -2.09. The van der Waals surface area contributed by atoms with E-state index in [0.717, 1.165) is 11.1 Å². The van der Waals surface area contributed by atoms with E-state index in [2.05, 4.69) is 0 Å². The Hall–Kier alpha value is -2.62. The van der Waals surface area contributed by atoms with Gasteiger partial charge in [-0.2, -0.15) is 0 Å². The van der Waals surface area contributed by atoms with Gasteiger partial charge < -0.3 is 9.84 Å². The Bertz CT molecular complexity index is 676. The molecule has 0 spiro atoms. The summed E-state index contributed by atoms with van der Waals surface area (Å²) in [5, 5.41) is 9.20. The van der Waals surface area contributed by atoms with E-state index >= 15 is 0 Å². The molecule has 0 fully saturated rings.